The number of halogens is 1. The third kappa shape index (κ3) is 6.03. The normalized spacial score (nSPS) is 11.5. The van der Waals surface area contributed by atoms with E-state index in [1.54, 1.807) is 0 Å². The predicted octanol–water partition coefficient (Wildman–Crippen LogP) is 2.83. The fraction of sp³-hybridized carbons (Fsp3) is 0.714. The number of hydrogen-bond acceptors (Lipinski definition) is 0. The lowest BCUT2D eigenvalue weighted by atomic mass is 10.2. The molecule has 0 saturated carbocycles. The van der Waals surface area contributed by atoms with Gasteiger partial charge in [-0.3, -0.25) is 0 Å². The molecule has 0 unspecified atom stereocenters. The van der Waals surface area contributed by atoms with Crippen molar-refractivity contribution >= 4 is 11.6 Å². The average Bonchev–Trinajstić information content (AvgIpc) is 1.66. The van der Waals surface area contributed by atoms with E-state index < -0.39 is 0 Å². The van der Waals surface area contributed by atoms with Gasteiger partial charge in [-0.2, -0.15) is 0 Å². The minimum absolute atomic E-state index is 0.665. The Hall–Kier alpha value is 0.0300. The van der Waals surface area contributed by atoms with Crippen molar-refractivity contribution in [3.63, 3.8) is 0 Å². The van der Waals surface area contributed by atoms with E-state index in [1.807, 2.05) is 0 Å². The third-order valence-corrected chi connectivity index (χ3v) is 1.01. The van der Waals surface area contributed by atoms with Gasteiger partial charge in [0.25, 0.3) is 0 Å². The molecule has 0 heterocycles. The molecule has 0 aliphatic carbocycles. The lowest BCUT2D eigenvalue weighted by Gasteiger charge is -1.90. The van der Waals surface area contributed by atoms with E-state index >= 15 is 0 Å². The summed E-state index contributed by atoms with van der Waals surface area (Å²) < 4.78 is 0. The molecule has 0 amide bonds. The number of hydrogen-bond donors (Lipinski definition) is 0. The molecular weight excluding hydrogens is 120 g/mol. The smallest absolute Gasteiger partial charge is 0.0258 e. The molecule has 1 heteroatoms. The first kappa shape index (κ1) is 8.03. The largest absolute Gasteiger partial charge is 0.126 e. The van der Waals surface area contributed by atoms with Crippen molar-refractivity contribution in [2.24, 2.45) is 5.92 Å². The first-order valence-corrected chi connectivity index (χ1v) is 3.53. The number of allylic oxidation sites excluding steroid dienone is 2. The number of rotatable bonds is 3. The summed E-state index contributed by atoms with van der Waals surface area (Å²) >= 11 is 5.43. The zero-order chi connectivity index (χ0) is 6.41. The van der Waals surface area contributed by atoms with Gasteiger partial charge in [0, 0.05) is 5.88 Å². The monoisotopic (exact) mass is 132 g/mol. The zero-order valence-electron chi connectivity index (χ0n) is 5.52. The van der Waals surface area contributed by atoms with Crippen LogP contribution in [-0.4, -0.2) is 5.88 Å². The van der Waals surface area contributed by atoms with Crippen LogP contribution < -0.4 is 0 Å². The Morgan fingerprint density at radius 1 is 1.50 bits per heavy atom. The van der Waals surface area contributed by atoms with Gasteiger partial charge in [-0.25, -0.2) is 0 Å². The second kappa shape index (κ2) is 5.17. The van der Waals surface area contributed by atoms with Crippen molar-refractivity contribution in [3.8, 4) is 0 Å². The highest BCUT2D eigenvalue weighted by Gasteiger charge is 1.80. The Bertz CT molecular complexity index is 64.8. The van der Waals surface area contributed by atoms with Crippen LogP contribution in [0, 0.1) is 5.92 Å². The van der Waals surface area contributed by atoms with Crippen molar-refractivity contribution in [2.75, 3.05) is 5.88 Å². The molecule has 0 aromatic rings. The van der Waals surface area contributed by atoms with Crippen LogP contribution in [0.15, 0.2) is 12.2 Å². The fourth-order valence-electron chi connectivity index (χ4n) is 0.431. The van der Waals surface area contributed by atoms with Gasteiger partial charge in [-0.15, -0.1) is 11.6 Å². The molecule has 0 nitrogen and oxygen atoms in total. The lowest BCUT2D eigenvalue weighted by Crippen LogP contribution is -1.76. The second-order valence-electron chi connectivity index (χ2n) is 2.15. The van der Waals surface area contributed by atoms with Crippen molar-refractivity contribution in [1.29, 1.82) is 0 Å². The summed E-state index contributed by atoms with van der Waals surface area (Å²) in [5.74, 6) is 1.40. The van der Waals surface area contributed by atoms with Crippen LogP contribution in [0.2, 0.25) is 0 Å². The van der Waals surface area contributed by atoms with E-state index in [0.29, 0.717) is 5.92 Å². The maximum absolute atomic E-state index is 5.43. The van der Waals surface area contributed by atoms with Crippen LogP contribution in [0.3, 0.4) is 0 Å². The maximum Gasteiger partial charge on any atom is 0.0258 e. The molecule has 0 atom stereocenters. The molecule has 0 saturated heterocycles. The molecule has 8 heavy (non-hydrogen) atoms. The number of alkyl halides is 1. The van der Waals surface area contributed by atoms with Gasteiger partial charge < -0.3 is 0 Å². The standard InChI is InChI=1S/C7H13Cl/c1-7(2)5-3-4-6-8/h3,5,7H,4,6H2,1-2H3/b5-3+. The molecule has 0 aromatic heterocycles. The van der Waals surface area contributed by atoms with E-state index in [0.717, 1.165) is 12.3 Å². The van der Waals surface area contributed by atoms with Crippen molar-refractivity contribution < 1.29 is 0 Å². The molecule has 0 N–H and O–H groups in total. The fourth-order valence-corrected chi connectivity index (χ4v) is 0.557. The molecule has 0 aliphatic rings. The molecule has 0 spiro atoms. The molecule has 0 fully saturated rings. The average molecular weight is 133 g/mol. The molecule has 0 rings (SSSR count). The van der Waals surface area contributed by atoms with E-state index in [4.69, 9.17) is 11.6 Å². The van der Waals surface area contributed by atoms with E-state index in [-0.39, 0.29) is 0 Å². The molecule has 48 valence electrons. The minimum atomic E-state index is 0.665. The van der Waals surface area contributed by atoms with Crippen molar-refractivity contribution in [3.05, 3.63) is 12.2 Å². The first-order valence-electron chi connectivity index (χ1n) is 3.00. The Labute approximate surface area is 56.5 Å². The Balaban J connectivity index is 3.07. The van der Waals surface area contributed by atoms with E-state index in [2.05, 4.69) is 26.0 Å². The van der Waals surface area contributed by atoms with Crippen molar-refractivity contribution in [1.82, 2.24) is 0 Å². The maximum atomic E-state index is 5.43. The van der Waals surface area contributed by atoms with Gasteiger partial charge in [0.15, 0.2) is 0 Å². The SMILES string of the molecule is CC(C)/C=C/CCCl. The quantitative estimate of drug-likeness (QED) is 0.409. The predicted molar refractivity (Wildman–Crippen MR) is 39.3 cm³/mol. The van der Waals surface area contributed by atoms with E-state index in [1.165, 1.54) is 0 Å². The zero-order valence-corrected chi connectivity index (χ0v) is 6.28. The van der Waals surface area contributed by atoms with Gasteiger partial charge in [-0.05, 0) is 12.3 Å². The van der Waals surface area contributed by atoms with Crippen LogP contribution >= 0.6 is 11.6 Å². The summed E-state index contributed by atoms with van der Waals surface area (Å²) in [6.45, 7) is 4.31. The third-order valence-electron chi connectivity index (χ3n) is 0.797. The van der Waals surface area contributed by atoms with Gasteiger partial charge in [0.2, 0.25) is 0 Å². The summed E-state index contributed by atoms with van der Waals surface area (Å²) in [5.41, 5.74) is 0. The summed E-state index contributed by atoms with van der Waals surface area (Å²) in [4.78, 5) is 0. The topological polar surface area (TPSA) is 0 Å². The van der Waals surface area contributed by atoms with Gasteiger partial charge >= 0.3 is 0 Å². The Morgan fingerprint density at radius 2 is 2.12 bits per heavy atom. The highest BCUT2D eigenvalue weighted by atomic mass is 35.5. The second-order valence-corrected chi connectivity index (χ2v) is 2.53. The van der Waals surface area contributed by atoms with Gasteiger partial charge in [0.1, 0.15) is 0 Å². The summed E-state index contributed by atoms with van der Waals surface area (Å²) in [6.07, 6.45) is 5.29. The Kier molecular flexibility index (Phi) is 5.19. The first-order chi connectivity index (χ1) is 3.77. The van der Waals surface area contributed by atoms with Gasteiger partial charge in [0.05, 0.1) is 0 Å². The van der Waals surface area contributed by atoms with Crippen LogP contribution in [0.5, 0.6) is 0 Å². The van der Waals surface area contributed by atoms with Crippen molar-refractivity contribution in [2.45, 2.75) is 20.3 Å². The molecule has 0 bridgehead atoms. The molecule has 0 radical (unpaired) electrons. The van der Waals surface area contributed by atoms with E-state index in [9.17, 15) is 0 Å². The molecule has 0 aromatic carbocycles. The highest BCUT2D eigenvalue weighted by molar-refractivity contribution is 6.17. The summed E-state index contributed by atoms with van der Waals surface area (Å²) in [5, 5.41) is 0. The summed E-state index contributed by atoms with van der Waals surface area (Å²) in [7, 11) is 0. The van der Waals surface area contributed by atoms with Crippen LogP contribution in [-0.2, 0) is 0 Å². The van der Waals surface area contributed by atoms with Gasteiger partial charge in [-0.1, -0.05) is 26.0 Å². The highest BCUT2D eigenvalue weighted by Crippen LogP contribution is 1.95. The minimum Gasteiger partial charge on any atom is -0.126 e. The molecular formula is C7H13Cl. The van der Waals surface area contributed by atoms with Crippen LogP contribution in [0.4, 0.5) is 0 Å². The Morgan fingerprint density at radius 3 is 2.50 bits per heavy atom. The van der Waals surface area contributed by atoms with Crippen LogP contribution in [0.25, 0.3) is 0 Å². The lowest BCUT2D eigenvalue weighted by molar-refractivity contribution is 0.826. The summed E-state index contributed by atoms with van der Waals surface area (Å²) in [6, 6.07) is 0. The van der Waals surface area contributed by atoms with Crippen LogP contribution in [0.1, 0.15) is 20.3 Å². The molecule has 0 aliphatic heterocycles.